The first kappa shape index (κ1) is 19.3. The van der Waals surface area contributed by atoms with Crippen molar-refractivity contribution in [2.24, 2.45) is 5.92 Å². The van der Waals surface area contributed by atoms with Gasteiger partial charge in [0.15, 0.2) is 0 Å². The van der Waals surface area contributed by atoms with Crippen molar-refractivity contribution in [3.05, 3.63) is 69.7 Å². The largest absolute Gasteiger partial charge is 0.216 e. The molecule has 2 aromatic carbocycles. The van der Waals surface area contributed by atoms with Crippen LogP contribution in [0.2, 0.25) is 10.0 Å². The molecule has 0 saturated heterocycles. The van der Waals surface area contributed by atoms with Crippen LogP contribution in [0.3, 0.4) is 0 Å². The number of benzene rings is 2. The van der Waals surface area contributed by atoms with Crippen molar-refractivity contribution < 1.29 is 8.42 Å². The van der Waals surface area contributed by atoms with Crippen LogP contribution in [0.1, 0.15) is 37.4 Å². The van der Waals surface area contributed by atoms with E-state index in [0.717, 1.165) is 5.56 Å². The van der Waals surface area contributed by atoms with E-state index in [4.69, 9.17) is 23.2 Å². The highest BCUT2D eigenvalue weighted by atomic mass is 35.5. The summed E-state index contributed by atoms with van der Waals surface area (Å²) < 4.78 is 28.1. The van der Waals surface area contributed by atoms with E-state index in [1.807, 2.05) is 30.3 Å². The number of sulfonamides is 1. The fourth-order valence-electron chi connectivity index (χ4n) is 2.53. The van der Waals surface area contributed by atoms with Gasteiger partial charge in [0.1, 0.15) is 0 Å². The summed E-state index contributed by atoms with van der Waals surface area (Å²) in [5.74, 6) is 0.106. The van der Waals surface area contributed by atoms with Crippen LogP contribution in [0.15, 0.2) is 48.5 Å². The zero-order valence-corrected chi connectivity index (χ0v) is 16.0. The minimum atomic E-state index is -3.59. The lowest BCUT2D eigenvalue weighted by Gasteiger charge is -2.21. The predicted octanol–water partition coefficient (Wildman–Crippen LogP) is 5.20. The van der Waals surface area contributed by atoms with Crippen molar-refractivity contribution >= 4 is 33.2 Å². The van der Waals surface area contributed by atoms with Crippen LogP contribution in [0, 0.1) is 5.92 Å². The molecule has 2 aromatic rings. The van der Waals surface area contributed by atoms with Crippen molar-refractivity contribution in [1.82, 2.24) is 4.72 Å². The Bertz CT molecular complexity index is 757. The van der Waals surface area contributed by atoms with Gasteiger partial charge in [0.2, 0.25) is 10.0 Å². The second-order valence-electron chi connectivity index (χ2n) is 6.17. The third kappa shape index (κ3) is 5.49. The van der Waals surface area contributed by atoms with Gasteiger partial charge < -0.3 is 0 Å². The Morgan fingerprint density at radius 2 is 1.54 bits per heavy atom. The maximum atomic E-state index is 12.6. The molecule has 6 heteroatoms. The first-order valence-electron chi connectivity index (χ1n) is 7.76. The highest BCUT2D eigenvalue weighted by Crippen LogP contribution is 2.28. The Labute approximate surface area is 154 Å². The van der Waals surface area contributed by atoms with E-state index < -0.39 is 10.0 Å². The molecule has 1 atom stereocenters. The van der Waals surface area contributed by atoms with E-state index in [9.17, 15) is 8.42 Å². The molecule has 0 aliphatic rings. The molecule has 3 nitrogen and oxygen atoms in total. The topological polar surface area (TPSA) is 46.2 Å². The van der Waals surface area contributed by atoms with E-state index in [0.29, 0.717) is 27.9 Å². The monoisotopic (exact) mass is 385 g/mol. The standard InChI is InChI=1S/C18H21Cl2NO2S/c1-13(2)11-18(14-7-4-3-5-8-14)21-24(22,23)12-15-16(19)9-6-10-17(15)20/h3-10,13,18,21H,11-12H2,1-2H3/t18-/m0/s1. The molecule has 130 valence electrons. The van der Waals surface area contributed by atoms with Gasteiger partial charge >= 0.3 is 0 Å². The van der Waals surface area contributed by atoms with E-state index in [1.54, 1.807) is 18.2 Å². The Hall–Kier alpha value is -1.07. The van der Waals surface area contributed by atoms with Crippen molar-refractivity contribution in [3.63, 3.8) is 0 Å². The predicted molar refractivity (Wildman–Crippen MR) is 101 cm³/mol. The van der Waals surface area contributed by atoms with Crippen molar-refractivity contribution in [3.8, 4) is 0 Å². The van der Waals surface area contributed by atoms with Gasteiger partial charge in [0.05, 0.1) is 5.75 Å². The molecular weight excluding hydrogens is 365 g/mol. The Morgan fingerprint density at radius 1 is 0.958 bits per heavy atom. The van der Waals surface area contributed by atoms with E-state index >= 15 is 0 Å². The highest BCUT2D eigenvalue weighted by Gasteiger charge is 2.22. The Kier molecular flexibility index (Phi) is 6.70. The molecule has 0 unspecified atom stereocenters. The van der Waals surface area contributed by atoms with Gasteiger partial charge in [-0.1, -0.05) is 73.4 Å². The molecule has 0 aromatic heterocycles. The van der Waals surface area contributed by atoms with Crippen LogP contribution in [-0.2, 0) is 15.8 Å². The summed E-state index contributed by atoms with van der Waals surface area (Å²) in [6.45, 7) is 4.13. The smallest absolute Gasteiger partial charge is 0.212 e. The molecule has 1 N–H and O–H groups in total. The lowest BCUT2D eigenvalue weighted by molar-refractivity contribution is 0.472. The third-order valence-corrected chi connectivity index (χ3v) is 5.65. The number of rotatable bonds is 7. The fraction of sp³-hybridized carbons (Fsp3) is 0.333. The normalized spacial score (nSPS) is 13.2. The van der Waals surface area contributed by atoms with E-state index in [-0.39, 0.29) is 11.8 Å². The summed E-state index contributed by atoms with van der Waals surface area (Å²) in [7, 11) is -3.59. The average molecular weight is 386 g/mol. The molecule has 0 fully saturated rings. The number of halogens is 2. The second kappa shape index (κ2) is 8.34. The van der Waals surface area contributed by atoms with Gasteiger partial charge in [-0.25, -0.2) is 13.1 Å². The Morgan fingerprint density at radius 3 is 2.08 bits per heavy atom. The molecule has 0 aliphatic heterocycles. The fourth-order valence-corrected chi connectivity index (χ4v) is 4.66. The zero-order valence-electron chi connectivity index (χ0n) is 13.7. The molecule has 0 aliphatic carbocycles. The lowest BCUT2D eigenvalue weighted by Crippen LogP contribution is -2.30. The first-order chi connectivity index (χ1) is 11.3. The molecule has 0 saturated carbocycles. The molecule has 0 amide bonds. The summed E-state index contributed by atoms with van der Waals surface area (Å²) in [4.78, 5) is 0. The molecule has 0 heterocycles. The zero-order chi connectivity index (χ0) is 17.7. The molecule has 0 bridgehead atoms. The van der Waals surface area contributed by atoms with E-state index in [2.05, 4.69) is 18.6 Å². The van der Waals surface area contributed by atoms with Gasteiger partial charge in [-0.15, -0.1) is 0 Å². The number of hydrogen-bond acceptors (Lipinski definition) is 2. The highest BCUT2D eigenvalue weighted by molar-refractivity contribution is 7.88. The van der Waals surface area contributed by atoms with Crippen LogP contribution >= 0.6 is 23.2 Å². The van der Waals surface area contributed by atoms with Crippen LogP contribution in [0.4, 0.5) is 0 Å². The van der Waals surface area contributed by atoms with Gasteiger partial charge in [-0.2, -0.15) is 0 Å². The van der Waals surface area contributed by atoms with Crippen molar-refractivity contribution in [1.29, 1.82) is 0 Å². The minimum absolute atomic E-state index is 0.243. The lowest BCUT2D eigenvalue weighted by atomic mass is 9.98. The summed E-state index contributed by atoms with van der Waals surface area (Å²) >= 11 is 12.2. The average Bonchev–Trinajstić information content (AvgIpc) is 2.51. The van der Waals surface area contributed by atoms with Crippen LogP contribution in [0.25, 0.3) is 0 Å². The molecular formula is C18H21Cl2NO2S. The van der Waals surface area contributed by atoms with Crippen LogP contribution < -0.4 is 4.72 Å². The maximum Gasteiger partial charge on any atom is 0.216 e. The summed E-state index contributed by atoms with van der Waals surface area (Å²) in [6.07, 6.45) is 0.708. The van der Waals surface area contributed by atoms with Crippen LogP contribution in [0.5, 0.6) is 0 Å². The van der Waals surface area contributed by atoms with Gasteiger partial charge in [0, 0.05) is 21.7 Å². The molecule has 0 radical (unpaired) electrons. The summed E-state index contributed by atoms with van der Waals surface area (Å²) in [5, 5.41) is 0.709. The maximum absolute atomic E-state index is 12.6. The SMILES string of the molecule is CC(C)C[C@H](NS(=O)(=O)Cc1c(Cl)cccc1Cl)c1ccccc1. The van der Waals surface area contributed by atoms with Crippen molar-refractivity contribution in [2.75, 3.05) is 0 Å². The molecule has 24 heavy (non-hydrogen) atoms. The first-order valence-corrected chi connectivity index (χ1v) is 10.2. The number of nitrogens with one attached hydrogen (secondary N) is 1. The van der Waals surface area contributed by atoms with Gasteiger partial charge in [-0.3, -0.25) is 0 Å². The second-order valence-corrected chi connectivity index (χ2v) is 8.74. The minimum Gasteiger partial charge on any atom is -0.212 e. The van der Waals surface area contributed by atoms with Crippen LogP contribution in [-0.4, -0.2) is 8.42 Å². The summed E-state index contributed by atoms with van der Waals surface area (Å²) in [5.41, 5.74) is 1.37. The summed E-state index contributed by atoms with van der Waals surface area (Å²) in [6, 6.07) is 14.3. The van der Waals surface area contributed by atoms with Gasteiger partial charge in [-0.05, 0) is 30.0 Å². The molecule has 2 rings (SSSR count). The molecule has 0 spiro atoms. The van der Waals surface area contributed by atoms with E-state index in [1.165, 1.54) is 0 Å². The van der Waals surface area contributed by atoms with Gasteiger partial charge in [0.25, 0.3) is 0 Å². The van der Waals surface area contributed by atoms with Crippen molar-refractivity contribution in [2.45, 2.75) is 32.1 Å². The number of hydrogen-bond donors (Lipinski definition) is 1. The third-order valence-electron chi connectivity index (χ3n) is 3.63. The Balaban J connectivity index is 2.24. The quantitative estimate of drug-likeness (QED) is 0.711.